The molecule has 0 N–H and O–H groups in total. The molecular formula is C15H18FN. The SMILES string of the molecule is C=C/N=C\C=C(/C)c1cc(C)c(CC)cc1F. The van der Waals surface area contributed by atoms with Crippen LogP contribution in [0, 0.1) is 12.7 Å². The molecule has 90 valence electrons. The molecule has 0 saturated heterocycles. The lowest BCUT2D eigenvalue weighted by Gasteiger charge is -2.08. The Hall–Kier alpha value is -1.70. The zero-order valence-electron chi connectivity index (χ0n) is 10.6. The van der Waals surface area contributed by atoms with E-state index < -0.39 is 0 Å². The fourth-order valence-corrected chi connectivity index (χ4v) is 1.71. The van der Waals surface area contributed by atoms with Gasteiger partial charge in [0.1, 0.15) is 5.82 Å². The van der Waals surface area contributed by atoms with Crippen LogP contribution in [-0.4, -0.2) is 6.21 Å². The van der Waals surface area contributed by atoms with E-state index in [1.54, 1.807) is 18.4 Å². The van der Waals surface area contributed by atoms with E-state index in [-0.39, 0.29) is 5.82 Å². The van der Waals surface area contributed by atoms with Crippen LogP contribution in [0.3, 0.4) is 0 Å². The van der Waals surface area contributed by atoms with Crippen molar-refractivity contribution in [3.63, 3.8) is 0 Å². The molecule has 0 aliphatic heterocycles. The highest BCUT2D eigenvalue weighted by atomic mass is 19.1. The largest absolute Gasteiger partial charge is 0.265 e. The lowest BCUT2D eigenvalue weighted by Crippen LogP contribution is -1.94. The quantitative estimate of drug-likeness (QED) is 0.684. The van der Waals surface area contributed by atoms with Crippen molar-refractivity contribution in [2.75, 3.05) is 0 Å². The van der Waals surface area contributed by atoms with Crippen molar-refractivity contribution in [2.45, 2.75) is 27.2 Å². The molecular weight excluding hydrogens is 213 g/mol. The minimum absolute atomic E-state index is 0.173. The summed E-state index contributed by atoms with van der Waals surface area (Å²) >= 11 is 0. The Balaban J connectivity index is 3.14. The number of allylic oxidation sites excluding steroid dienone is 2. The van der Waals surface area contributed by atoms with Gasteiger partial charge in [-0.25, -0.2) is 4.39 Å². The molecule has 1 aromatic carbocycles. The minimum atomic E-state index is -0.173. The summed E-state index contributed by atoms with van der Waals surface area (Å²) in [5.74, 6) is -0.173. The number of hydrogen-bond donors (Lipinski definition) is 0. The van der Waals surface area contributed by atoms with Gasteiger partial charge in [0.25, 0.3) is 0 Å². The molecule has 0 fully saturated rings. The Kier molecular flexibility index (Phi) is 4.83. The maximum atomic E-state index is 13.9. The van der Waals surface area contributed by atoms with Crippen LogP contribution in [0.1, 0.15) is 30.5 Å². The van der Waals surface area contributed by atoms with Crippen LogP contribution >= 0.6 is 0 Å². The Labute approximate surface area is 102 Å². The number of benzene rings is 1. The van der Waals surface area contributed by atoms with Gasteiger partial charge in [0.2, 0.25) is 0 Å². The van der Waals surface area contributed by atoms with Crippen LogP contribution in [-0.2, 0) is 6.42 Å². The Morgan fingerprint density at radius 1 is 1.47 bits per heavy atom. The summed E-state index contributed by atoms with van der Waals surface area (Å²) in [6.45, 7) is 9.39. The summed E-state index contributed by atoms with van der Waals surface area (Å²) in [6.07, 6.45) is 5.70. The van der Waals surface area contributed by atoms with Gasteiger partial charge in [0, 0.05) is 18.0 Å². The topological polar surface area (TPSA) is 12.4 Å². The average molecular weight is 231 g/mol. The van der Waals surface area contributed by atoms with Gasteiger partial charge in [-0.15, -0.1) is 0 Å². The Bertz CT molecular complexity index is 470. The monoisotopic (exact) mass is 231 g/mol. The maximum Gasteiger partial charge on any atom is 0.130 e. The summed E-state index contributed by atoms with van der Waals surface area (Å²) < 4.78 is 13.9. The smallest absolute Gasteiger partial charge is 0.130 e. The van der Waals surface area contributed by atoms with Crippen LogP contribution in [0.4, 0.5) is 4.39 Å². The summed E-state index contributed by atoms with van der Waals surface area (Å²) in [4.78, 5) is 3.86. The molecule has 0 aliphatic rings. The molecule has 0 bridgehead atoms. The van der Waals surface area contributed by atoms with E-state index in [4.69, 9.17) is 0 Å². The van der Waals surface area contributed by atoms with Gasteiger partial charge in [0.15, 0.2) is 0 Å². The van der Waals surface area contributed by atoms with Crippen molar-refractivity contribution >= 4 is 11.8 Å². The molecule has 0 atom stereocenters. The van der Waals surface area contributed by atoms with Gasteiger partial charge in [-0.05, 0) is 55.2 Å². The van der Waals surface area contributed by atoms with Crippen LogP contribution in [0.2, 0.25) is 0 Å². The van der Waals surface area contributed by atoms with Crippen LogP contribution < -0.4 is 0 Å². The second kappa shape index (κ2) is 6.14. The molecule has 17 heavy (non-hydrogen) atoms. The van der Waals surface area contributed by atoms with E-state index in [1.165, 1.54) is 6.20 Å². The van der Waals surface area contributed by atoms with E-state index in [2.05, 4.69) is 11.6 Å². The van der Waals surface area contributed by atoms with Crippen LogP contribution in [0.5, 0.6) is 0 Å². The van der Waals surface area contributed by atoms with Crippen LogP contribution in [0.15, 0.2) is 36.0 Å². The molecule has 0 amide bonds. The van der Waals surface area contributed by atoms with Crippen molar-refractivity contribution < 1.29 is 4.39 Å². The molecule has 1 nitrogen and oxygen atoms in total. The average Bonchev–Trinajstić information content (AvgIpc) is 2.31. The van der Waals surface area contributed by atoms with Gasteiger partial charge in [-0.3, -0.25) is 4.99 Å². The third-order valence-electron chi connectivity index (χ3n) is 2.75. The lowest BCUT2D eigenvalue weighted by atomic mass is 9.98. The molecule has 2 heteroatoms. The fraction of sp³-hybridized carbons (Fsp3) is 0.267. The third-order valence-corrected chi connectivity index (χ3v) is 2.75. The van der Waals surface area contributed by atoms with Crippen molar-refractivity contribution in [1.29, 1.82) is 0 Å². The van der Waals surface area contributed by atoms with Gasteiger partial charge in [0.05, 0.1) is 0 Å². The standard InChI is InChI=1S/C15H18FN/c1-5-13-10-15(16)14(9-12(13)4)11(3)7-8-17-6-2/h6-10H,2,5H2,1,3-4H3/b11-7+,17-8-. The number of aryl methyl sites for hydroxylation is 2. The number of rotatable bonds is 4. The maximum absolute atomic E-state index is 13.9. The lowest BCUT2D eigenvalue weighted by molar-refractivity contribution is 0.621. The Morgan fingerprint density at radius 2 is 2.18 bits per heavy atom. The minimum Gasteiger partial charge on any atom is -0.265 e. The first-order chi connectivity index (χ1) is 8.10. The summed E-state index contributed by atoms with van der Waals surface area (Å²) in [7, 11) is 0. The first kappa shape index (κ1) is 13.4. The second-order valence-electron chi connectivity index (χ2n) is 3.94. The molecule has 0 spiro atoms. The predicted octanol–water partition coefficient (Wildman–Crippen LogP) is 4.31. The van der Waals surface area contributed by atoms with E-state index in [1.807, 2.05) is 26.8 Å². The van der Waals surface area contributed by atoms with Crippen molar-refractivity contribution in [3.05, 3.63) is 53.5 Å². The highest BCUT2D eigenvalue weighted by Gasteiger charge is 2.07. The van der Waals surface area contributed by atoms with Gasteiger partial charge in [-0.1, -0.05) is 13.5 Å². The highest BCUT2D eigenvalue weighted by molar-refractivity contribution is 5.84. The summed E-state index contributed by atoms with van der Waals surface area (Å²) in [6, 6.07) is 3.51. The number of halogens is 1. The van der Waals surface area contributed by atoms with Gasteiger partial charge in [-0.2, -0.15) is 0 Å². The van der Waals surface area contributed by atoms with E-state index in [0.717, 1.165) is 23.1 Å². The molecule has 1 aromatic rings. The molecule has 0 radical (unpaired) electrons. The summed E-state index contributed by atoms with van der Waals surface area (Å²) in [5.41, 5.74) is 3.67. The number of aliphatic imine (C=N–C) groups is 1. The zero-order valence-corrected chi connectivity index (χ0v) is 10.6. The Morgan fingerprint density at radius 3 is 2.76 bits per heavy atom. The van der Waals surface area contributed by atoms with E-state index in [9.17, 15) is 4.39 Å². The number of hydrogen-bond acceptors (Lipinski definition) is 1. The second-order valence-corrected chi connectivity index (χ2v) is 3.94. The van der Waals surface area contributed by atoms with E-state index in [0.29, 0.717) is 5.56 Å². The normalized spacial score (nSPS) is 12.1. The van der Waals surface area contributed by atoms with Crippen LogP contribution in [0.25, 0.3) is 5.57 Å². The van der Waals surface area contributed by atoms with Gasteiger partial charge < -0.3 is 0 Å². The molecule has 0 saturated carbocycles. The highest BCUT2D eigenvalue weighted by Crippen LogP contribution is 2.22. The molecule has 0 aliphatic carbocycles. The van der Waals surface area contributed by atoms with Crippen molar-refractivity contribution in [2.24, 2.45) is 4.99 Å². The summed E-state index contributed by atoms with van der Waals surface area (Å²) in [5, 5.41) is 0. The van der Waals surface area contributed by atoms with Crippen molar-refractivity contribution in [1.82, 2.24) is 0 Å². The molecule has 0 heterocycles. The molecule has 0 aromatic heterocycles. The molecule has 1 rings (SSSR count). The zero-order chi connectivity index (χ0) is 12.8. The third kappa shape index (κ3) is 3.38. The fourth-order valence-electron chi connectivity index (χ4n) is 1.71. The number of nitrogens with zero attached hydrogens (tertiary/aromatic N) is 1. The first-order valence-electron chi connectivity index (χ1n) is 5.70. The van der Waals surface area contributed by atoms with E-state index >= 15 is 0 Å². The van der Waals surface area contributed by atoms with Gasteiger partial charge >= 0.3 is 0 Å². The predicted molar refractivity (Wildman–Crippen MR) is 72.9 cm³/mol. The molecule has 0 unspecified atom stereocenters. The first-order valence-corrected chi connectivity index (χ1v) is 5.70. The van der Waals surface area contributed by atoms with Crippen molar-refractivity contribution in [3.8, 4) is 0 Å².